The minimum absolute atomic E-state index is 0.296. The Labute approximate surface area is 116 Å². The fourth-order valence-corrected chi connectivity index (χ4v) is 2.36. The molecule has 0 fully saturated rings. The zero-order valence-electron chi connectivity index (χ0n) is 11.1. The average Bonchev–Trinajstić information content (AvgIpc) is 2.72. The average molecular weight is 280 g/mol. The fraction of sp³-hybridized carbons (Fsp3) is 0.385. The molecule has 0 spiro atoms. The summed E-state index contributed by atoms with van der Waals surface area (Å²) in [5.74, 6) is 0.440. The minimum atomic E-state index is -0.463. The molecule has 1 aromatic heterocycles. The maximum Gasteiger partial charge on any atom is 0.328 e. The number of carbonyl (C=O) groups excluding carboxylic acids is 1. The molecule has 102 valence electrons. The summed E-state index contributed by atoms with van der Waals surface area (Å²) in [5.41, 5.74) is 1.69. The van der Waals surface area contributed by atoms with Crippen LogP contribution in [0.2, 0.25) is 0 Å². The van der Waals surface area contributed by atoms with Crippen molar-refractivity contribution in [3.8, 4) is 5.75 Å². The smallest absolute Gasteiger partial charge is 0.328 e. The number of aromatic nitrogens is 2. The van der Waals surface area contributed by atoms with E-state index in [-0.39, 0.29) is 5.97 Å². The molecule has 0 aliphatic carbocycles. The summed E-state index contributed by atoms with van der Waals surface area (Å²) in [6.45, 7) is 3.90. The second kappa shape index (κ2) is 5.44. The number of imidazole rings is 1. The molecule has 1 atom stereocenters. The molecular formula is C13H16N2O3S. The van der Waals surface area contributed by atoms with Crippen LogP contribution in [0.15, 0.2) is 18.2 Å². The topological polar surface area (TPSA) is 56.2 Å². The molecule has 0 aliphatic rings. The molecule has 1 heterocycles. The number of H-pyrrole nitrogens is 1. The second-order valence-corrected chi connectivity index (χ2v) is 4.50. The van der Waals surface area contributed by atoms with Gasteiger partial charge in [0.1, 0.15) is 11.8 Å². The van der Waals surface area contributed by atoms with Crippen molar-refractivity contribution in [1.29, 1.82) is 0 Å². The van der Waals surface area contributed by atoms with E-state index >= 15 is 0 Å². The van der Waals surface area contributed by atoms with E-state index in [4.69, 9.17) is 21.7 Å². The van der Waals surface area contributed by atoms with Gasteiger partial charge in [0, 0.05) is 6.07 Å². The Bertz CT molecular complexity index is 659. The summed E-state index contributed by atoms with van der Waals surface area (Å²) in [6.07, 6.45) is 0. The van der Waals surface area contributed by atoms with Crippen LogP contribution < -0.4 is 4.74 Å². The normalized spacial score (nSPS) is 12.4. The van der Waals surface area contributed by atoms with Crippen molar-refractivity contribution >= 4 is 29.2 Å². The van der Waals surface area contributed by atoms with Crippen LogP contribution in [-0.4, -0.2) is 29.2 Å². The molecule has 6 heteroatoms. The molecule has 0 amide bonds. The minimum Gasteiger partial charge on any atom is -0.497 e. The summed E-state index contributed by atoms with van der Waals surface area (Å²) in [6, 6.07) is 5.09. The zero-order valence-corrected chi connectivity index (χ0v) is 11.9. The number of aromatic amines is 1. The third kappa shape index (κ3) is 2.49. The van der Waals surface area contributed by atoms with Gasteiger partial charge in [-0.05, 0) is 38.2 Å². The van der Waals surface area contributed by atoms with Gasteiger partial charge in [0.05, 0.1) is 24.8 Å². The first-order valence-electron chi connectivity index (χ1n) is 6.03. The lowest BCUT2D eigenvalue weighted by molar-refractivity contribution is -0.146. The van der Waals surface area contributed by atoms with Crippen LogP contribution >= 0.6 is 12.2 Å². The Morgan fingerprint density at radius 1 is 1.53 bits per heavy atom. The molecule has 19 heavy (non-hydrogen) atoms. The highest BCUT2D eigenvalue weighted by molar-refractivity contribution is 7.71. The van der Waals surface area contributed by atoms with Crippen LogP contribution in [0.3, 0.4) is 0 Å². The number of hydrogen-bond donors (Lipinski definition) is 1. The number of nitrogens with one attached hydrogen (secondary N) is 1. The van der Waals surface area contributed by atoms with Crippen molar-refractivity contribution in [3.63, 3.8) is 0 Å². The molecule has 1 unspecified atom stereocenters. The van der Waals surface area contributed by atoms with Crippen LogP contribution in [0.4, 0.5) is 0 Å². The van der Waals surface area contributed by atoms with Gasteiger partial charge in [-0.3, -0.25) is 0 Å². The van der Waals surface area contributed by atoms with E-state index in [1.807, 2.05) is 18.2 Å². The molecule has 5 nitrogen and oxygen atoms in total. The van der Waals surface area contributed by atoms with E-state index in [9.17, 15) is 4.79 Å². The van der Waals surface area contributed by atoms with Gasteiger partial charge in [0.2, 0.25) is 0 Å². The summed E-state index contributed by atoms with van der Waals surface area (Å²) in [5, 5.41) is 0. The van der Waals surface area contributed by atoms with Crippen molar-refractivity contribution in [3.05, 3.63) is 23.0 Å². The lowest BCUT2D eigenvalue weighted by Crippen LogP contribution is -2.19. The number of nitrogens with zero attached hydrogens (tertiary/aromatic N) is 1. The van der Waals surface area contributed by atoms with E-state index < -0.39 is 6.04 Å². The highest BCUT2D eigenvalue weighted by Crippen LogP contribution is 2.23. The van der Waals surface area contributed by atoms with Gasteiger partial charge in [0.15, 0.2) is 4.77 Å². The van der Waals surface area contributed by atoms with Gasteiger partial charge in [-0.15, -0.1) is 0 Å². The predicted octanol–water partition coefficient (Wildman–Crippen LogP) is 2.83. The first-order valence-corrected chi connectivity index (χ1v) is 6.44. The van der Waals surface area contributed by atoms with Crippen LogP contribution in [-0.2, 0) is 9.53 Å². The lowest BCUT2D eigenvalue weighted by atomic mass is 10.2. The van der Waals surface area contributed by atoms with E-state index in [0.29, 0.717) is 11.4 Å². The Kier molecular flexibility index (Phi) is 3.90. The molecule has 2 aromatic rings. The number of methoxy groups -OCH3 is 1. The maximum atomic E-state index is 11.8. The third-order valence-corrected chi connectivity index (χ3v) is 3.24. The molecule has 0 aliphatic heterocycles. The molecule has 0 saturated heterocycles. The van der Waals surface area contributed by atoms with Crippen LogP contribution in [0, 0.1) is 4.77 Å². The molecule has 1 aromatic carbocycles. The summed E-state index contributed by atoms with van der Waals surface area (Å²) >= 11 is 5.27. The van der Waals surface area contributed by atoms with Gasteiger partial charge in [-0.25, -0.2) is 4.79 Å². The molecule has 1 N–H and O–H groups in total. The summed E-state index contributed by atoms with van der Waals surface area (Å²) in [7, 11) is 1.61. The van der Waals surface area contributed by atoms with Crippen molar-refractivity contribution < 1.29 is 14.3 Å². The number of fused-ring (bicyclic) bond motifs is 1. The van der Waals surface area contributed by atoms with E-state index in [1.54, 1.807) is 25.5 Å². The molecule has 0 saturated carbocycles. The number of rotatable bonds is 4. The molecule has 0 bridgehead atoms. The Hall–Kier alpha value is -1.82. The third-order valence-electron chi connectivity index (χ3n) is 2.94. The Balaban J connectivity index is 2.51. The largest absolute Gasteiger partial charge is 0.497 e. The van der Waals surface area contributed by atoms with E-state index in [1.165, 1.54) is 0 Å². The molecular weight excluding hydrogens is 264 g/mol. The highest BCUT2D eigenvalue weighted by atomic mass is 32.1. The monoisotopic (exact) mass is 280 g/mol. The summed E-state index contributed by atoms with van der Waals surface area (Å²) in [4.78, 5) is 14.9. The van der Waals surface area contributed by atoms with E-state index in [2.05, 4.69) is 4.98 Å². The zero-order chi connectivity index (χ0) is 14.0. The Morgan fingerprint density at radius 3 is 2.89 bits per heavy atom. The van der Waals surface area contributed by atoms with Gasteiger partial charge >= 0.3 is 5.97 Å². The van der Waals surface area contributed by atoms with Gasteiger partial charge in [-0.2, -0.15) is 0 Å². The van der Waals surface area contributed by atoms with Crippen LogP contribution in [0.1, 0.15) is 19.9 Å². The lowest BCUT2D eigenvalue weighted by Gasteiger charge is -2.13. The van der Waals surface area contributed by atoms with Crippen molar-refractivity contribution in [2.45, 2.75) is 19.9 Å². The predicted molar refractivity (Wildman–Crippen MR) is 75.0 cm³/mol. The Morgan fingerprint density at radius 2 is 2.26 bits per heavy atom. The number of ether oxygens (including phenoxy) is 2. The first kappa shape index (κ1) is 13.6. The van der Waals surface area contributed by atoms with Crippen molar-refractivity contribution in [2.75, 3.05) is 13.7 Å². The van der Waals surface area contributed by atoms with E-state index in [0.717, 1.165) is 16.8 Å². The van der Waals surface area contributed by atoms with Crippen LogP contribution in [0.25, 0.3) is 11.0 Å². The SMILES string of the molecule is CCOC(=O)C(C)n1c(=S)[nH]c2cc(OC)ccc21. The number of benzene rings is 1. The molecule has 2 rings (SSSR count). The second-order valence-electron chi connectivity index (χ2n) is 4.11. The van der Waals surface area contributed by atoms with Crippen molar-refractivity contribution in [1.82, 2.24) is 9.55 Å². The number of carbonyl (C=O) groups is 1. The van der Waals surface area contributed by atoms with Crippen LogP contribution in [0.5, 0.6) is 5.75 Å². The van der Waals surface area contributed by atoms with Gasteiger partial charge < -0.3 is 19.0 Å². The van der Waals surface area contributed by atoms with Gasteiger partial charge in [-0.1, -0.05) is 0 Å². The molecule has 0 radical (unpaired) electrons. The quantitative estimate of drug-likeness (QED) is 0.691. The number of esters is 1. The maximum absolute atomic E-state index is 11.8. The fourth-order valence-electron chi connectivity index (χ4n) is 1.99. The first-order chi connectivity index (χ1) is 9.08. The highest BCUT2D eigenvalue weighted by Gasteiger charge is 2.19. The van der Waals surface area contributed by atoms with Gasteiger partial charge in [0.25, 0.3) is 0 Å². The number of hydrogen-bond acceptors (Lipinski definition) is 4. The summed E-state index contributed by atoms with van der Waals surface area (Å²) < 4.78 is 12.4. The standard InChI is InChI=1S/C13H16N2O3S/c1-4-18-12(16)8(2)15-11-6-5-9(17-3)7-10(11)14-13(15)19/h5-8H,4H2,1-3H3,(H,14,19). The van der Waals surface area contributed by atoms with Crippen molar-refractivity contribution in [2.24, 2.45) is 0 Å².